The van der Waals surface area contributed by atoms with Crippen LogP contribution >= 0.6 is 34.4 Å². The van der Waals surface area contributed by atoms with Gasteiger partial charge in [-0.15, -0.1) is 22.7 Å². The first-order chi connectivity index (χ1) is 15.5. The molecule has 0 saturated carbocycles. The van der Waals surface area contributed by atoms with Crippen LogP contribution in [0, 0.1) is 5.92 Å². The summed E-state index contributed by atoms with van der Waals surface area (Å²) in [5, 5.41) is 6.62. The average molecular weight is 487 g/mol. The van der Waals surface area contributed by atoms with Gasteiger partial charge >= 0.3 is 0 Å². The number of thiophene rings is 1. The maximum atomic E-state index is 13.6. The fourth-order valence-corrected chi connectivity index (χ4v) is 7.11. The molecular weight excluding hydrogens is 464 g/mol. The van der Waals surface area contributed by atoms with E-state index in [4.69, 9.17) is 9.40 Å². The smallest absolute Gasteiger partial charge is 0.263 e. The Kier molecular flexibility index (Phi) is 5.92. The van der Waals surface area contributed by atoms with Gasteiger partial charge in [-0.3, -0.25) is 14.2 Å². The Morgan fingerprint density at radius 3 is 3.06 bits per heavy atom. The number of aryl methyl sites for hydroxylation is 1. The van der Waals surface area contributed by atoms with Crippen LogP contribution in [-0.4, -0.2) is 20.4 Å². The number of carbonyl (C=O) groups excluding carboxylic acids is 1. The molecule has 10 heteroatoms. The molecule has 4 aromatic rings. The zero-order valence-corrected chi connectivity index (χ0v) is 20.2. The van der Waals surface area contributed by atoms with Crippen molar-refractivity contribution in [1.29, 1.82) is 0 Å². The van der Waals surface area contributed by atoms with E-state index in [-0.39, 0.29) is 11.5 Å². The number of rotatable bonds is 6. The van der Waals surface area contributed by atoms with Crippen LogP contribution in [0.3, 0.4) is 0 Å². The summed E-state index contributed by atoms with van der Waals surface area (Å²) in [6.45, 7) is 4.07. The molecule has 0 bridgehead atoms. The van der Waals surface area contributed by atoms with Crippen molar-refractivity contribution in [2.45, 2.75) is 50.6 Å². The van der Waals surface area contributed by atoms with Gasteiger partial charge in [0.15, 0.2) is 10.3 Å². The minimum Gasteiger partial charge on any atom is -0.467 e. The Bertz CT molecular complexity index is 1340. The normalized spacial score (nSPS) is 15.8. The van der Waals surface area contributed by atoms with E-state index >= 15 is 0 Å². The molecule has 0 aliphatic heterocycles. The van der Waals surface area contributed by atoms with Crippen LogP contribution in [0.15, 0.2) is 38.1 Å². The molecule has 0 saturated heterocycles. The highest BCUT2D eigenvalue weighted by molar-refractivity contribution is 7.98. The van der Waals surface area contributed by atoms with Crippen molar-refractivity contribution in [3.63, 3.8) is 0 Å². The predicted octanol–water partition coefficient (Wildman–Crippen LogP) is 4.93. The Labute approximate surface area is 196 Å². The number of nitrogens with one attached hydrogen (secondary N) is 1. The number of amides is 1. The lowest BCUT2D eigenvalue weighted by atomic mass is 9.89. The summed E-state index contributed by atoms with van der Waals surface area (Å²) in [6.07, 6.45) is 4.67. The average Bonchev–Trinajstić information content (AvgIpc) is 3.48. The number of carbonyl (C=O) groups is 1. The number of fused-ring (bicyclic) bond motifs is 3. The van der Waals surface area contributed by atoms with Crippen molar-refractivity contribution in [1.82, 2.24) is 14.5 Å². The van der Waals surface area contributed by atoms with Crippen LogP contribution in [-0.2, 0) is 29.9 Å². The van der Waals surface area contributed by atoms with Gasteiger partial charge in [0.25, 0.3) is 5.56 Å². The lowest BCUT2D eigenvalue weighted by molar-refractivity contribution is -0.114. The minimum atomic E-state index is -0.145. The third-order valence-corrected chi connectivity index (χ3v) is 8.42. The summed E-state index contributed by atoms with van der Waals surface area (Å²) in [5.74, 6) is 1.76. The maximum absolute atomic E-state index is 13.6. The molecule has 166 valence electrons. The van der Waals surface area contributed by atoms with Crippen LogP contribution in [0.25, 0.3) is 10.2 Å². The van der Waals surface area contributed by atoms with Crippen molar-refractivity contribution >= 4 is 55.7 Å². The van der Waals surface area contributed by atoms with E-state index in [1.807, 2.05) is 17.5 Å². The topological polar surface area (TPSA) is 90.0 Å². The van der Waals surface area contributed by atoms with E-state index in [2.05, 4.69) is 17.2 Å². The zero-order valence-electron chi connectivity index (χ0n) is 17.7. The highest BCUT2D eigenvalue weighted by atomic mass is 32.2. The summed E-state index contributed by atoms with van der Waals surface area (Å²) in [6, 6.07) is 3.70. The number of hydrogen-bond donors (Lipinski definition) is 1. The summed E-state index contributed by atoms with van der Waals surface area (Å²) >= 11 is 4.52. The third kappa shape index (κ3) is 4.26. The fraction of sp³-hybridized carbons (Fsp3) is 0.364. The Morgan fingerprint density at radius 1 is 1.41 bits per heavy atom. The van der Waals surface area contributed by atoms with Gasteiger partial charge in [-0.25, -0.2) is 9.97 Å². The molecule has 4 aromatic heterocycles. The van der Waals surface area contributed by atoms with Gasteiger partial charge < -0.3 is 9.73 Å². The van der Waals surface area contributed by atoms with E-state index in [0.29, 0.717) is 28.5 Å². The summed E-state index contributed by atoms with van der Waals surface area (Å²) in [5.41, 5.74) is 2.02. The molecule has 1 aliphatic rings. The lowest BCUT2D eigenvalue weighted by Gasteiger charge is -2.17. The predicted molar refractivity (Wildman–Crippen MR) is 129 cm³/mol. The van der Waals surface area contributed by atoms with E-state index in [9.17, 15) is 9.59 Å². The molecule has 0 spiro atoms. The number of hydrogen-bond acceptors (Lipinski definition) is 8. The second kappa shape index (κ2) is 8.84. The third-order valence-electron chi connectivity index (χ3n) is 5.46. The van der Waals surface area contributed by atoms with Crippen molar-refractivity contribution < 1.29 is 9.21 Å². The standard InChI is InChI=1S/C22H22N4O3S3/c1-12-5-6-16-17(8-12)32-19-18(16)20(28)26(9-15-4-3-7-29-15)22(25-19)31-11-14-10-30-21(24-14)23-13(2)27/h3-4,7,10,12H,5-6,8-9,11H2,1-2H3,(H,23,24,27). The lowest BCUT2D eigenvalue weighted by Crippen LogP contribution is -2.24. The number of anilines is 1. The Balaban J connectivity index is 1.52. The van der Waals surface area contributed by atoms with E-state index < -0.39 is 0 Å². The molecule has 4 heterocycles. The largest absolute Gasteiger partial charge is 0.467 e. The quantitative estimate of drug-likeness (QED) is 0.307. The van der Waals surface area contributed by atoms with Crippen LogP contribution in [0.4, 0.5) is 5.13 Å². The molecule has 0 fully saturated rings. The fourth-order valence-electron chi connectivity index (χ4n) is 3.93. The Morgan fingerprint density at radius 2 is 2.28 bits per heavy atom. The highest BCUT2D eigenvalue weighted by Crippen LogP contribution is 2.37. The van der Waals surface area contributed by atoms with Crippen LogP contribution in [0.2, 0.25) is 0 Å². The molecule has 1 N–H and O–H groups in total. The van der Waals surface area contributed by atoms with Crippen LogP contribution in [0.5, 0.6) is 0 Å². The van der Waals surface area contributed by atoms with Crippen molar-refractivity contribution in [2.24, 2.45) is 5.92 Å². The molecule has 1 atom stereocenters. The van der Waals surface area contributed by atoms with Gasteiger partial charge in [0.05, 0.1) is 23.9 Å². The molecule has 0 aromatic carbocycles. The first-order valence-electron chi connectivity index (χ1n) is 10.4. The Hall–Kier alpha value is -2.43. The van der Waals surface area contributed by atoms with Crippen LogP contribution < -0.4 is 10.9 Å². The number of aromatic nitrogens is 3. The zero-order chi connectivity index (χ0) is 22.2. The number of nitrogens with zero attached hydrogens (tertiary/aromatic N) is 3. The van der Waals surface area contributed by atoms with E-state index in [1.54, 1.807) is 22.2 Å². The molecule has 32 heavy (non-hydrogen) atoms. The van der Waals surface area contributed by atoms with E-state index in [0.717, 1.165) is 40.9 Å². The molecule has 7 nitrogen and oxygen atoms in total. The molecule has 1 unspecified atom stereocenters. The molecular formula is C22H22N4O3S3. The van der Waals surface area contributed by atoms with Crippen molar-refractivity contribution in [3.8, 4) is 0 Å². The van der Waals surface area contributed by atoms with Crippen molar-refractivity contribution in [3.05, 3.63) is 56.0 Å². The maximum Gasteiger partial charge on any atom is 0.263 e. The summed E-state index contributed by atoms with van der Waals surface area (Å²) in [7, 11) is 0. The summed E-state index contributed by atoms with van der Waals surface area (Å²) < 4.78 is 7.25. The number of furan rings is 1. The van der Waals surface area contributed by atoms with Gasteiger partial charge in [0.1, 0.15) is 10.6 Å². The molecule has 1 aliphatic carbocycles. The molecule has 0 radical (unpaired) electrons. The SMILES string of the molecule is CC(=O)Nc1nc(CSc2nc3sc4c(c3c(=O)n2Cc2ccco2)CCC(C)C4)cs1. The number of thiazole rings is 1. The van der Waals surface area contributed by atoms with Gasteiger partial charge in [0.2, 0.25) is 5.91 Å². The first-order valence-corrected chi connectivity index (χ1v) is 13.1. The van der Waals surface area contributed by atoms with Crippen LogP contribution in [0.1, 0.15) is 42.2 Å². The van der Waals surface area contributed by atoms with Gasteiger partial charge in [0, 0.05) is 22.9 Å². The summed E-state index contributed by atoms with van der Waals surface area (Å²) in [4.78, 5) is 36.4. The molecule has 5 rings (SSSR count). The van der Waals surface area contributed by atoms with Gasteiger partial charge in [-0.2, -0.15) is 0 Å². The first kappa shape index (κ1) is 21.4. The number of thioether (sulfide) groups is 1. The van der Waals surface area contributed by atoms with Gasteiger partial charge in [-0.05, 0) is 42.9 Å². The van der Waals surface area contributed by atoms with Gasteiger partial charge in [-0.1, -0.05) is 18.7 Å². The van der Waals surface area contributed by atoms with Crippen molar-refractivity contribution in [2.75, 3.05) is 5.32 Å². The van der Waals surface area contributed by atoms with E-state index in [1.165, 1.54) is 40.5 Å². The minimum absolute atomic E-state index is 0.00170. The monoisotopic (exact) mass is 486 g/mol. The second-order valence-corrected chi connectivity index (χ2v) is 10.9. The second-order valence-electron chi connectivity index (χ2n) is 8.01. The molecule has 1 amide bonds. The highest BCUT2D eigenvalue weighted by Gasteiger charge is 2.25.